The van der Waals surface area contributed by atoms with E-state index in [1.54, 1.807) is 14.2 Å². The van der Waals surface area contributed by atoms with Crippen LogP contribution in [0.25, 0.3) is 10.6 Å². The molecular formula is C10H11N3O2S. The molecule has 6 heteroatoms. The Morgan fingerprint density at radius 2 is 1.94 bits per heavy atom. The lowest BCUT2D eigenvalue weighted by molar-refractivity contribution is 0.355. The molecule has 84 valence electrons. The lowest BCUT2D eigenvalue weighted by Crippen LogP contribution is -1.91. The first kappa shape index (κ1) is 10.7. The van der Waals surface area contributed by atoms with E-state index in [-0.39, 0.29) is 5.95 Å². The molecule has 1 heterocycles. The first-order valence-corrected chi connectivity index (χ1v) is 5.33. The van der Waals surface area contributed by atoms with Crippen molar-refractivity contribution in [2.45, 2.75) is 0 Å². The minimum absolute atomic E-state index is 0.287. The zero-order valence-corrected chi connectivity index (χ0v) is 9.75. The Labute approximate surface area is 97.0 Å². The van der Waals surface area contributed by atoms with Crippen LogP contribution in [0.2, 0.25) is 0 Å². The molecule has 5 nitrogen and oxygen atoms in total. The van der Waals surface area contributed by atoms with E-state index in [0.717, 1.165) is 10.6 Å². The zero-order valence-electron chi connectivity index (χ0n) is 8.93. The summed E-state index contributed by atoms with van der Waals surface area (Å²) in [6, 6.07) is 5.56. The van der Waals surface area contributed by atoms with Crippen LogP contribution in [0.5, 0.6) is 11.5 Å². The smallest absolute Gasteiger partial charge is 0.232 e. The Kier molecular flexibility index (Phi) is 2.91. The van der Waals surface area contributed by atoms with E-state index in [1.807, 2.05) is 18.2 Å². The van der Waals surface area contributed by atoms with Crippen molar-refractivity contribution in [2.75, 3.05) is 20.0 Å². The van der Waals surface area contributed by atoms with Gasteiger partial charge in [0.1, 0.15) is 5.01 Å². The average Bonchev–Trinajstić information content (AvgIpc) is 2.75. The van der Waals surface area contributed by atoms with Crippen LogP contribution in [-0.2, 0) is 0 Å². The summed E-state index contributed by atoms with van der Waals surface area (Å²) in [6.45, 7) is 0. The molecule has 2 N–H and O–H groups in total. The molecule has 2 aromatic rings. The van der Waals surface area contributed by atoms with Gasteiger partial charge in [0.15, 0.2) is 11.5 Å². The van der Waals surface area contributed by atoms with Crippen LogP contribution in [0.4, 0.5) is 5.95 Å². The molecule has 0 atom stereocenters. The van der Waals surface area contributed by atoms with Gasteiger partial charge in [0.25, 0.3) is 0 Å². The minimum atomic E-state index is 0.287. The number of hydrogen-bond donors (Lipinski definition) is 1. The Morgan fingerprint density at radius 3 is 2.50 bits per heavy atom. The van der Waals surface area contributed by atoms with Crippen molar-refractivity contribution in [3.05, 3.63) is 18.2 Å². The predicted octanol–water partition coefficient (Wildman–Crippen LogP) is 1.80. The van der Waals surface area contributed by atoms with Gasteiger partial charge in [-0.25, -0.2) is 0 Å². The third-order valence-corrected chi connectivity index (χ3v) is 2.85. The fourth-order valence-electron chi connectivity index (χ4n) is 1.32. The molecule has 0 aliphatic heterocycles. The number of nitrogens with two attached hydrogens (primary N) is 1. The molecule has 0 amide bonds. The molecule has 0 spiro atoms. The van der Waals surface area contributed by atoms with E-state index in [1.165, 1.54) is 11.5 Å². The monoisotopic (exact) mass is 237 g/mol. The van der Waals surface area contributed by atoms with Crippen molar-refractivity contribution in [1.29, 1.82) is 0 Å². The third-order valence-electron chi connectivity index (χ3n) is 2.07. The summed E-state index contributed by atoms with van der Waals surface area (Å²) in [6.07, 6.45) is 0. The summed E-state index contributed by atoms with van der Waals surface area (Å²) in [5, 5.41) is 0.762. The number of aromatic nitrogens is 2. The summed E-state index contributed by atoms with van der Waals surface area (Å²) >= 11 is 1.25. The van der Waals surface area contributed by atoms with Crippen molar-refractivity contribution in [1.82, 2.24) is 9.36 Å². The highest BCUT2D eigenvalue weighted by Crippen LogP contribution is 2.32. The van der Waals surface area contributed by atoms with Gasteiger partial charge in [0.2, 0.25) is 5.95 Å². The Balaban J connectivity index is 2.43. The quantitative estimate of drug-likeness (QED) is 0.881. The topological polar surface area (TPSA) is 70.3 Å². The molecule has 1 aromatic heterocycles. The molecule has 1 aromatic carbocycles. The molecule has 0 radical (unpaired) electrons. The predicted molar refractivity (Wildman–Crippen MR) is 62.9 cm³/mol. The van der Waals surface area contributed by atoms with Crippen LogP contribution in [0.15, 0.2) is 18.2 Å². The fraction of sp³-hybridized carbons (Fsp3) is 0.200. The van der Waals surface area contributed by atoms with E-state index in [0.29, 0.717) is 11.5 Å². The highest BCUT2D eigenvalue weighted by Gasteiger charge is 2.09. The molecule has 0 unspecified atom stereocenters. The van der Waals surface area contributed by atoms with Crippen molar-refractivity contribution in [2.24, 2.45) is 0 Å². The number of hydrogen-bond acceptors (Lipinski definition) is 6. The standard InChI is InChI=1S/C10H11N3O2S/c1-14-7-4-3-6(5-8(7)15-2)9-12-10(11)13-16-9/h3-5H,1-2H3,(H2,11,13). The molecule has 16 heavy (non-hydrogen) atoms. The number of nitrogen functional groups attached to an aromatic ring is 1. The Morgan fingerprint density at radius 1 is 1.19 bits per heavy atom. The van der Waals surface area contributed by atoms with Crippen LogP contribution >= 0.6 is 11.5 Å². The van der Waals surface area contributed by atoms with E-state index in [4.69, 9.17) is 15.2 Å². The van der Waals surface area contributed by atoms with Gasteiger partial charge in [-0.2, -0.15) is 9.36 Å². The van der Waals surface area contributed by atoms with Gasteiger partial charge < -0.3 is 15.2 Å². The van der Waals surface area contributed by atoms with Crippen molar-refractivity contribution in [3.8, 4) is 22.1 Å². The van der Waals surface area contributed by atoms with Gasteiger partial charge in [0, 0.05) is 5.56 Å². The van der Waals surface area contributed by atoms with Crippen molar-refractivity contribution in [3.63, 3.8) is 0 Å². The summed E-state index contributed by atoms with van der Waals surface area (Å²) in [7, 11) is 3.19. The van der Waals surface area contributed by atoms with Gasteiger partial charge in [-0.1, -0.05) is 0 Å². The maximum absolute atomic E-state index is 5.47. The molecule has 0 saturated heterocycles. The van der Waals surface area contributed by atoms with E-state index in [2.05, 4.69) is 9.36 Å². The summed E-state index contributed by atoms with van der Waals surface area (Å²) < 4.78 is 14.3. The maximum atomic E-state index is 5.47. The third kappa shape index (κ3) is 1.92. The zero-order chi connectivity index (χ0) is 11.5. The van der Waals surface area contributed by atoms with Gasteiger partial charge in [0.05, 0.1) is 14.2 Å². The first-order chi connectivity index (χ1) is 7.74. The van der Waals surface area contributed by atoms with Crippen LogP contribution in [-0.4, -0.2) is 23.6 Å². The normalized spacial score (nSPS) is 10.1. The van der Waals surface area contributed by atoms with E-state index in [9.17, 15) is 0 Å². The number of methoxy groups -OCH3 is 2. The molecule has 2 rings (SSSR count). The number of ether oxygens (including phenoxy) is 2. The second kappa shape index (κ2) is 4.36. The highest BCUT2D eigenvalue weighted by molar-refractivity contribution is 7.09. The lowest BCUT2D eigenvalue weighted by Gasteiger charge is -2.07. The number of benzene rings is 1. The minimum Gasteiger partial charge on any atom is -0.493 e. The first-order valence-electron chi connectivity index (χ1n) is 4.56. The number of rotatable bonds is 3. The molecular weight excluding hydrogens is 226 g/mol. The maximum Gasteiger partial charge on any atom is 0.232 e. The highest BCUT2D eigenvalue weighted by atomic mass is 32.1. The summed E-state index contributed by atoms with van der Waals surface area (Å²) in [5.41, 5.74) is 6.38. The van der Waals surface area contributed by atoms with Gasteiger partial charge >= 0.3 is 0 Å². The van der Waals surface area contributed by atoms with E-state index < -0.39 is 0 Å². The van der Waals surface area contributed by atoms with Gasteiger partial charge in [-0.05, 0) is 29.7 Å². The largest absolute Gasteiger partial charge is 0.493 e. The van der Waals surface area contributed by atoms with E-state index >= 15 is 0 Å². The van der Waals surface area contributed by atoms with Gasteiger partial charge in [-0.15, -0.1) is 0 Å². The van der Waals surface area contributed by atoms with Crippen molar-refractivity contribution < 1.29 is 9.47 Å². The van der Waals surface area contributed by atoms with Crippen LogP contribution in [0, 0.1) is 0 Å². The molecule has 0 saturated carbocycles. The second-order valence-corrected chi connectivity index (χ2v) is 3.78. The van der Waals surface area contributed by atoms with Crippen LogP contribution < -0.4 is 15.2 Å². The number of anilines is 1. The van der Waals surface area contributed by atoms with Gasteiger partial charge in [-0.3, -0.25) is 0 Å². The number of nitrogens with zero attached hydrogens (tertiary/aromatic N) is 2. The molecule has 0 aliphatic rings. The van der Waals surface area contributed by atoms with Crippen LogP contribution in [0.3, 0.4) is 0 Å². The summed E-state index contributed by atoms with van der Waals surface area (Å²) in [5.74, 6) is 1.63. The molecule has 0 bridgehead atoms. The molecule has 0 fully saturated rings. The fourth-order valence-corrected chi connectivity index (χ4v) is 1.91. The Hall–Kier alpha value is -1.82. The SMILES string of the molecule is COc1ccc(-c2nc(N)ns2)cc1OC. The van der Waals surface area contributed by atoms with Crippen molar-refractivity contribution >= 4 is 17.5 Å². The molecule has 0 aliphatic carbocycles. The lowest BCUT2D eigenvalue weighted by atomic mass is 10.2. The van der Waals surface area contributed by atoms with Crippen LogP contribution in [0.1, 0.15) is 0 Å². The Bertz CT molecular complexity index is 499. The summed E-state index contributed by atoms with van der Waals surface area (Å²) in [4.78, 5) is 4.10. The average molecular weight is 237 g/mol. The second-order valence-electron chi connectivity index (χ2n) is 3.03.